The first kappa shape index (κ1) is 23.2. The Labute approximate surface area is 176 Å². The van der Waals surface area contributed by atoms with Crippen molar-refractivity contribution in [1.82, 2.24) is 0 Å². The molecule has 0 aliphatic carbocycles. The molecule has 0 aromatic heterocycles. The molecule has 0 saturated carbocycles. The normalized spacial score (nSPS) is 10.9. The summed E-state index contributed by atoms with van der Waals surface area (Å²) in [4.78, 5) is 23.6. The monoisotopic (exact) mass is 434 g/mol. The number of rotatable bonds is 10. The standard InChI is InChI=1S/C21H26N2O6S/c1-14-7-9-17(13-18(14)23-30(4,26)27)22-21(25)6-5-11-29-19-10-8-16(15(2)24)12-20(19)28-3/h7-10,12-13,23H,5-6,11H2,1-4H3,(H,22,25). The Bertz CT molecular complexity index is 1030. The molecule has 2 N–H and O–H groups in total. The Morgan fingerprint density at radius 2 is 1.80 bits per heavy atom. The molecule has 0 aliphatic rings. The third-order valence-electron chi connectivity index (χ3n) is 4.19. The fourth-order valence-electron chi connectivity index (χ4n) is 2.65. The molecule has 162 valence electrons. The molecule has 9 heteroatoms. The van der Waals surface area contributed by atoms with Gasteiger partial charge in [0.15, 0.2) is 17.3 Å². The van der Waals surface area contributed by atoms with Gasteiger partial charge >= 0.3 is 0 Å². The Kier molecular flexibility index (Phi) is 7.82. The maximum Gasteiger partial charge on any atom is 0.229 e. The predicted octanol–water partition coefficient (Wildman–Crippen LogP) is 3.38. The lowest BCUT2D eigenvalue weighted by Gasteiger charge is -2.12. The molecule has 30 heavy (non-hydrogen) atoms. The highest BCUT2D eigenvalue weighted by Gasteiger charge is 2.10. The quantitative estimate of drug-likeness (QED) is 0.438. The van der Waals surface area contributed by atoms with Crippen LogP contribution in [0.4, 0.5) is 11.4 Å². The van der Waals surface area contributed by atoms with Crippen LogP contribution in [0.25, 0.3) is 0 Å². The van der Waals surface area contributed by atoms with Crippen molar-refractivity contribution in [3.05, 3.63) is 47.5 Å². The summed E-state index contributed by atoms with van der Waals surface area (Å²) in [6.45, 7) is 3.54. The van der Waals surface area contributed by atoms with E-state index in [9.17, 15) is 18.0 Å². The Morgan fingerprint density at radius 1 is 1.07 bits per heavy atom. The second-order valence-electron chi connectivity index (χ2n) is 6.83. The number of anilines is 2. The van der Waals surface area contributed by atoms with Gasteiger partial charge in [-0.3, -0.25) is 14.3 Å². The zero-order chi connectivity index (χ0) is 22.3. The molecule has 0 heterocycles. The number of carbonyl (C=O) groups excluding carboxylic acids is 2. The molecule has 0 radical (unpaired) electrons. The summed E-state index contributed by atoms with van der Waals surface area (Å²) in [6.07, 6.45) is 1.75. The minimum absolute atomic E-state index is 0.0671. The molecule has 0 saturated heterocycles. The zero-order valence-corrected chi connectivity index (χ0v) is 18.3. The van der Waals surface area contributed by atoms with Gasteiger partial charge in [-0.05, 0) is 56.2 Å². The highest BCUT2D eigenvalue weighted by molar-refractivity contribution is 7.92. The molecular formula is C21H26N2O6S. The van der Waals surface area contributed by atoms with E-state index in [1.807, 2.05) is 0 Å². The zero-order valence-electron chi connectivity index (χ0n) is 17.4. The van der Waals surface area contributed by atoms with Gasteiger partial charge in [-0.2, -0.15) is 0 Å². The van der Waals surface area contributed by atoms with E-state index in [0.717, 1.165) is 11.8 Å². The molecule has 0 bridgehead atoms. The number of hydrogen-bond acceptors (Lipinski definition) is 6. The van der Waals surface area contributed by atoms with Gasteiger partial charge in [0.2, 0.25) is 15.9 Å². The highest BCUT2D eigenvalue weighted by Crippen LogP contribution is 2.28. The summed E-state index contributed by atoms with van der Waals surface area (Å²) in [7, 11) is -1.92. The summed E-state index contributed by atoms with van der Waals surface area (Å²) in [5, 5.41) is 2.74. The average molecular weight is 435 g/mol. The van der Waals surface area contributed by atoms with Gasteiger partial charge in [0.05, 0.1) is 25.7 Å². The first-order chi connectivity index (χ1) is 14.1. The van der Waals surface area contributed by atoms with Crippen molar-refractivity contribution in [2.75, 3.05) is 30.0 Å². The number of amides is 1. The lowest BCUT2D eigenvalue weighted by molar-refractivity contribution is -0.116. The lowest BCUT2D eigenvalue weighted by Crippen LogP contribution is -2.14. The Balaban J connectivity index is 1.87. The van der Waals surface area contributed by atoms with Gasteiger partial charge in [-0.15, -0.1) is 0 Å². The van der Waals surface area contributed by atoms with Crippen LogP contribution in [0.2, 0.25) is 0 Å². The summed E-state index contributed by atoms with van der Waals surface area (Å²) in [5.74, 6) is 0.671. The van der Waals surface area contributed by atoms with Crippen LogP contribution in [0.15, 0.2) is 36.4 Å². The topological polar surface area (TPSA) is 111 Å². The van der Waals surface area contributed by atoms with Crippen LogP contribution in [-0.4, -0.2) is 40.1 Å². The molecular weight excluding hydrogens is 408 g/mol. The van der Waals surface area contributed by atoms with E-state index in [-0.39, 0.29) is 24.7 Å². The molecule has 0 spiro atoms. The van der Waals surface area contributed by atoms with E-state index in [2.05, 4.69) is 10.0 Å². The van der Waals surface area contributed by atoms with Crippen molar-refractivity contribution in [2.45, 2.75) is 26.7 Å². The highest BCUT2D eigenvalue weighted by atomic mass is 32.2. The number of ketones is 1. The number of methoxy groups -OCH3 is 1. The molecule has 2 aromatic carbocycles. The van der Waals surface area contributed by atoms with Gasteiger partial charge in [-0.1, -0.05) is 6.07 Å². The molecule has 0 fully saturated rings. The van der Waals surface area contributed by atoms with Crippen molar-refractivity contribution in [2.24, 2.45) is 0 Å². The summed E-state index contributed by atoms with van der Waals surface area (Å²) < 4.78 is 36.2. The molecule has 0 unspecified atom stereocenters. The van der Waals surface area contributed by atoms with E-state index < -0.39 is 10.0 Å². The van der Waals surface area contributed by atoms with Crippen LogP contribution in [0.3, 0.4) is 0 Å². The van der Waals surface area contributed by atoms with Crippen molar-refractivity contribution >= 4 is 33.1 Å². The third kappa shape index (κ3) is 7.07. The number of ether oxygens (including phenoxy) is 2. The number of Topliss-reactive ketones (excluding diaryl/α,β-unsaturated/α-hetero) is 1. The second kappa shape index (κ2) is 10.1. The van der Waals surface area contributed by atoms with Crippen molar-refractivity contribution in [3.63, 3.8) is 0 Å². The molecule has 0 aliphatic heterocycles. The number of nitrogens with one attached hydrogen (secondary N) is 2. The summed E-state index contributed by atoms with van der Waals surface area (Å²) in [6, 6.07) is 9.95. The van der Waals surface area contributed by atoms with E-state index in [0.29, 0.717) is 34.9 Å². The molecule has 8 nitrogen and oxygen atoms in total. The largest absolute Gasteiger partial charge is 0.493 e. The van der Waals surface area contributed by atoms with Gasteiger partial charge in [0.25, 0.3) is 0 Å². The van der Waals surface area contributed by atoms with E-state index in [1.165, 1.54) is 14.0 Å². The minimum atomic E-state index is -3.41. The number of hydrogen-bond donors (Lipinski definition) is 2. The third-order valence-corrected chi connectivity index (χ3v) is 4.78. The smallest absolute Gasteiger partial charge is 0.229 e. The van der Waals surface area contributed by atoms with Crippen molar-refractivity contribution in [3.8, 4) is 11.5 Å². The fraction of sp³-hybridized carbons (Fsp3) is 0.333. The first-order valence-electron chi connectivity index (χ1n) is 9.29. The minimum Gasteiger partial charge on any atom is -0.493 e. The second-order valence-corrected chi connectivity index (χ2v) is 8.57. The van der Waals surface area contributed by atoms with Crippen LogP contribution in [0.1, 0.15) is 35.7 Å². The summed E-state index contributed by atoms with van der Waals surface area (Å²) in [5.41, 5.74) is 2.19. The fourth-order valence-corrected chi connectivity index (χ4v) is 3.27. The Hall–Kier alpha value is -3.07. The van der Waals surface area contributed by atoms with Gasteiger partial charge in [-0.25, -0.2) is 8.42 Å². The van der Waals surface area contributed by atoms with Crippen LogP contribution >= 0.6 is 0 Å². The number of benzene rings is 2. The van der Waals surface area contributed by atoms with Crippen LogP contribution in [0, 0.1) is 6.92 Å². The van der Waals surface area contributed by atoms with E-state index in [4.69, 9.17) is 9.47 Å². The van der Waals surface area contributed by atoms with Gasteiger partial charge in [0, 0.05) is 17.7 Å². The number of sulfonamides is 1. The molecule has 1 amide bonds. The van der Waals surface area contributed by atoms with E-state index >= 15 is 0 Å². The molecule has 2 aromatic rings. The van der Waals surface area contributed by atoms with Crippen molar-refractivity contribution < 1.29 is 27.5 Å². The summed E-state index contributed by atoms with van der Waals surface area (Å²) >= 11 is 0. The van der Waals surface area contributed by atoms with Gasteiger partial charge in [0.1, 0.15) is 0 Å². The molecule has 0 atom stereocenters. The van der Waals surface area contributed by atoms with Crippen LogP contribution < -0.4 is 19.5 Å². The maximum atomic E-state index is 12.2. The average Bonchev–Trinajstić information content (AvgIpc) is 2.66. The maximum absolute atomic E-state index is 12.2. The number of carbonyl (C=O) groups is 2. The van der Waals surface area contributed by atoms with Crippen molar-refractivity contribution in [1.29, 1.82) is 0 Å². The number of aryl methyl sites for hydroxylation is 1. The van der Waals surface area contributed by atoms with Gasteiger partial charge < -0.3 is 14.8 Å². The predicted molar refractivity (Wildman–Crippen MR) is 116 cm³/mol. The molecule has 2 rings (SSSR count). The van der Waals surface area contributed by atoms with Crippen LogP contribution in [-0.2, 0) is 14.8 Å². The Morgan fingerprint density at radius 3 is 2.43 bits per heavy atom. The van der Waals surface area contributed by atoms with Crippen LogP contribution in [0.5, 0.6) is 11.5 Å². The lowest BCUT2D eigenvalue weighted by atomic mass is 10.1. The first-order valence-corrected chi connectivity index (χ1v) is 11.2. The van der Waals surface area contributed by atoms with E-state index in [1.54, 1.807) is 43.3 Å². The SMILES string of the molecule is COc1cc(C(C)=O)ccc1OCCCC(=O)Nc1ccc(C)c(NS(C)(=O)=O)c1.